The Morgan fingerprint density at radius 2 is 2.33 bits per heavy atom. The quantitative estimate of drug-likeness (QED) is 0.694. The van der Waals surface area contributed by atoms with Crippen molar-refractivity contribution in [2.24, 2.45) is 5.73 Å². The standard InChI is InChI=1S/C10H13FN2O2/c1-6-4-7(2-3-8(6)11)13-9(5-12)10(14)15/h2-4,9,13H,5,12H2,1H3,(H,14,15). The summed E-state index contributed by atoms with van der Waals surface area (Å²) in [7, 11) is 0. The molecule has 0 aliphatic rings. The van der Waals surface area contributed by atoms with Crippen LogP contribution < -0.4 is 11.1 Å². The van der Waals surface area contributed by atoms with Crippen LogP contribution in [-0.2, 0) is 4.79 Å². The van der Waals surface area contributed by atoms with E-state index in [1.807, 2.05) is 0 Å². The maximum atomic E-state index is 12.9. The van der Waals surface area contributed by atoms with E-state index in [1.165, 1.54) is 12.1 Å². The number of aliphatic carboxylic acids is 1. The highest BCUT2D eigenvalue weighted by molar-refractivity contribution is 5.77. The highest BCUT2D eigenvalue weighted by Crippen LogP contribution is 2.14. The van der Waals surface area contributed by atoms with Crippen molar-refractivity contribution < 1.29 is 14.3 Å². The molecule has 0 spiro atoms. The van der Waals surface area contributed by atoms with E-state index in [2.05, 4.69) is 5.32 Å². The SMILES string of the molecule is Cc1cc(NC(CN)C(=O)O)ccc1F. The summed E-state index contributed by atoms with van der Waals surface area (Å²) >= 11 is 0. The predicted octanol–water partition coefficient (Wildman–Crippen LogP) is 0.958. The summed E-state index contributed by atoms with van der Waals surface area (Å²) in [5.74, 6) is -1.35. The second-order valence-electron chi connectivity index (χ2n) is 3.23. The summed E-state index contributed by atoms with van der Waals surface area (Å²) in [4.78, 5) is 10.7. The van der Waals surface area contributed by atoms with Gasteiger partial charge in [0, 0.05) is 12.2 Å². The maximum Gasteiger partial charge on any atom is 0.327 e. The van der Waals surface area contributed by atoms with Crippen LogP contribution in [0.25, 0.3) is 0 Å². The van der Waals surface area contributed by atoms with E-state index in [9.17, 15) is 9.18 Å². The predicted molar refractivity (Wildman–Crippen MR) is 55.2 cm³/mol. The highest BCUT2D eigenvalue weighted by atomic mass is 19.1. The number of aryl methyl sites for hydroxylation is 1. The summed E-state index contributed by atoms with van der Waals surface area (Å²) in [6.45, 7) is 1.59. The van der Waals surface area contributed by atoms with Gasteiger partial charge in [-0.25, -0.2) is 9.18 Å². The van der Waals surface area contributed by atoms with E-state index in [0.29, 0.717) is 11.3 Å². The summed E-state index contributed by atoms with van der Waals surface area (Å²) in [5.41, 5.74) is 6.28. The lowest BCUT2D eigenvalue weighted by Gasteiger charge is -2.13. The van der Waals surface area contributed by atoms with Crippen molar-refractivity contribution in [1.82, 2.24) is 0 Å². The number of carboxylic acid groups (broad SMARTS) is 1. The summed E-state index contributed by atoms with van der Waals surface area (Å²) in [6.07, 6.45) is 0. The van der Waals surface area contributed by atoms with Gasteiger partial charge in [0.1, 0.15) is 11.9 Å². The summed E-state index contributed by atoms with van der Waals surface area (Å²) in [5, 5.41) is 11.4. The Kier molecular flexibility index (Phi) is 3.62. The van der Waals surface area contributed by atoms with Gasteiger partial charge in [0.25, 0.3) is 0 Å². The molecule has 1 aromatic carbocycles. The number of carboxylic acids is 1. The molecule has 0 saturated carbocycles. The molecule has 0 aromatic heterocycles. The molecule has 1 unspecified atom stereocenters. The van der Waals surface area contributed by atoms with Crippen molar-refractivity contribution in [2.45, 2.75) is 13.0 Å². The van der Waals surface area contributed by atoms with Gasteiger partial charge in [-0.3, -0.25) is 0 Å². The molecule has 0 saturated heterocycles. The number of halogens is 1. The lowest BCUT2D eigenvalue weighted by Crippen LogP contribution is -2.36. The zero-order chi connectivity index (χ0) is 11.4. The molecular formula is C10H13FN2O2. The second kappa shape index (κ2) is 4.75. The first kappa shape index (κ1) is 11.5. The number of benzene rings is 1. The van der Waals surface area contributed by atoms with Crippen molar-refractivity contribution in [1.29, 1.82) is 0 Å². The number of nitrogens with two attached hydrogens (primary N) is 1. The van der Waals surface area contributed by atoms with Crippen LogP contribution in [0.5, 0.6) is 0 Å². The molecule has 0 aliphatic heterocycles. The summed E-state index contributed by atoms with van der Waals surface area (Å²) < 4.78 is 12.9. The van der Waals surface area contributed by atoms with Gasteiger partial charge >= 0.3 is 5.97 Å². The Morgan fingerprint density at radius 3 is 2.80 bits per heavy atom. The number of hydrogen-bond donors (Lipinski definition) is 3. The maximum absolute atomic E-state index is 12.9. The zero-order valence-electron chi connectivity index (χ0n) is 8.33. The van der Waals surface area contributed by atoms with Crippen molar-refractivity contribution in [2.75, 3.05) is 11.9 Å². The van der Waals surface area contributed by atoms with E-state index in [-0.39, 0.29) is 12.4 Å². The van der Waals surface area contributed by atoms with E-state index < -0.39 is 12.0 Å². The first-order valence-corrected chi connectivity index (χ1v) is 4.50. The molecule has 0 bridgehead atoms. The molecular weight excluding hydrogens is 199 g/mol. The Morgan fingerprint density at radius 1 is 1.67 bits per heavy atom. The van der Waals surface area contributed by atoms with Crippen molar-refractivity contribution in [3.05, 3.63) is 29.6 Å². The third-order valence-electron chi connectivity index (χ3n) is 2.03. The number of carbonyl (C=O) groups is 1. The second-order valence-corrected chi connectivity index (χ2v) is 3.23. The molecule has 5 heteroatoms. The van der Waals surface area contributed by atoms with Gasteiger partial charge in [-0.1, -0.05) is 0 Å². The van der Waals surface area contributed by atoms with Gasteiger partial charge in [-0.2, -0.15) is 0 Å². The Balaban J connectivity index is 2.80. The van der Waals surface area contributed by atoms with Crippen LogP contribution in [0.2, 0.25) is 0 Å². The Labute approximate surface area is 86.9 Å². The molecule has 82 valence electrons. The first-order chi connectivity index (χ1) is 7.04. The van der Waals surface area contributed by atoms with Crippen molar-refractivity contribution in [3.63, 3.8) is 0 Å². The van der Waals surface area contributed by atoms with Crippen LogP contribution in [0, 0.1) is 12.7 Å². The van der Waals surface area contributed by atoms with E-state index in [4.69, 9.17) is 10.8 Å². The van der Waals surface area contributed by atoms with Crippen LogP contribution in [-0.4, -0.2) is 23.7 Å². The van der Waals surface area contributed by atoms with E-state index >= 15 is 0 Å². The topological polar surface area (TPSA) is 75.3 Å². The molecule has 1 rings (SSSR count). The third-order valence-corrected chi connectivity index (χ3v) is 2.03. The number of rotatable bonds is 4. The van der Waals surface area contributed by atoms with Gasteiger partial charge in [0.15, 0.2) is 0 Å². The molecule has 4 nitrogen and oxygen atoms in total. The van der Waals surface area contributed by atoms with Gasteiger partial charge in [0.2, 0.25) is 0 Å². The van der Waals surface area contributed by atoms with Crippen molar-refractivity contribution in [3.8, 4) is 0 Å². The monoisotopic (exact) mass is 212 g/mol. The van der Waals surface area contributed by atoms with Gasteiger partial charge in [0.05, 0.1) is 0 Å². The Hall–Kier alpha value is -1.62. The summed E-state index contributed by atoms with van der Waals surface area (Å²) in [6, 6.07) is 3.46. The lowest BCUT2D eigenvalue weighted by molar-refractivity contribution is -0.137. The van der Waals surface area contributed by atoms with E-state index in [1.54, 1.807) is 13.0 Å². The van der Waals surface area contributed by atoms with Crippen LogP contribution in [0.15, 0.2) is 18.2 Å². The molecule has 0 amide bonds. The Bertz CT molecular complexity index is 368. The zero-order valence-corrected chi connectivity index (χ0v) is 8.33. The third kappa shape index (κ3) is 2.92. The van der Waals surface area contributed by atoms with Crippen molar-refractivity contribution >= 4 is 11.7 Å². The minimum absolute atomic E-state index is 0.0221. The molecule has 0 radical (unpaired) electrons. The van der Waals surface area contributed by atoms with Crippen LogP contribution in [0.4, 0.5) is 10.1 Å². The molecule has 1 aromatic rings. The van der Waals surface area contributed by atoms with Crippen LogP contribution in [0.1, 0.15) is 5.56 Å². The number of nitrogens with one attached hydrogen (secondary N) is 1. The normalized spacial score (nSPS) is 12.2. The molecule has 0 heterocycles. The van der Waals surface area contributed by atoms with Crippen LogP contribution >= 0.6 is 0 Å². The van der Waals surface area contributed by atoms with Gasteiger partial charge in [-0.15, -0.1) is 0 Å². The molecule has 0 aliphatic carbocycles. The molecule has 15 heavy (non-hydrogen) atoms. The fourth-order valence-corrected chi connectivity index (χ4v) is 1.16. The fourth-order valence-electron chi connectivity index (χ4n) is 1.16. The number of hydrogen-bond acceptors (Lipinski definition) is 3. The molecule has 1 atom stereocenters. The average molecular weight is 212 g/mol. The van der Waals surface area contributed by atoms with Gasteiger partial charge in [-0.05, 0) is 30.7 Å². The minimum atomic E-state index is -1.03. The largest absolute Gasteiger partial charge is 0.480 e. The highest BCUT2D eigenvalue weighted by Gasteiger charge is 2.14. The lowest BCUT2D eigenvalue weighted by atomic mass is 10.2. The number of anilines is 1. The minimum Gasteiger partial charge on any atom is -0.480 e. The first-order valence-electron chi connectivity index (χ1n) is 4.50. The van der Waals surface area contributed by atoms with E-state index in [0.717, 1.165) is 0 Å². The molecule has 0 fully saturated rings. The average Bonchev–Trinajstić information content (AvgIpc) is 2.19. The molecule has 4 N–H and O–H groups in total. The van der Waals surface area contributed by atoms with Crippen LogP contribution in [0.3, 0.4) is 0 Å². The van der Waals surface area contributed by atoms with Gasteiger partial charge < -0.3 is 16.2 Å². The smallest absolute Gasteiger partial charge is 0.327 e. The fraction of sp³-hybridized carbons (Fsp3) is 0.300.